The third kappa shape index (κ3) is 5.27. The summed E-state index contributed by atoms with van der Waals surface area (Å²) in [6.07, 6.45) is 2.25. The number of nitrogens with two attached hydrogens (primary N) is 1. The smallest absolute Gasteiger partial charge is 0.234 e. The van der Waals surface area contributed by atoms with Crippen molar-refractivity contribution in [1.29, 1.82) is 0 Å². The Morgan fingerprint density at radius 2 is 2.29 bits per heavy atom. The van der Waals surface area contributed by atoms with Gasteiger partial charge in [0.2, 0.25) is 5.91 Å². The second-order valence-electron chi connectivity index (χ2n) is 4.84. The number of rotatable bonds is 7. The van der Waals surface area contributed by atoms with Crippen LogP contribution in [0.25, 0.3) is 0 Å². The molecule has 1 fully saturated rings. The molecule has 1 aliphatic heterocycles. The van der Waals surface area contributed by atoms with Crippen molar-refractivity contribution < 1.29 is 9.53 Å². The molecule has 0 radical (unpaired) electrons. The van der Waals surface area contributed by atoms with E-state index in [1.54, 1.807) is 0 Å². The van der Waals surface area contributed by atoms with E-state index in [1.807, 2.05) is 25.6 Å². The number of nitrogens with one attached hydrogen (secondary N) is 1. The summed E-state index contributed by atoms with van der Waals surface area (Å²) in [6.45, 7) is 7.02. The quantitative estimate of drug-likeness (QED) is 0.720. The normalized spacial score (nSPS) is 26.4. The van der Waals surface area contributed by atoms with Gasteiger partial charge in [-0.15, -0.1) is 0 Å². The molecule has 1 saturated heterocycles. The van der Waals surface area contributed by atoms with E-state index >= 15 is 0 Å². The first-order valence-electron chi connectivity index (χ1n) is 6.29. The van der Waals surface area contributed by atoms with Crippen molar-refractivity contribution in [3.63, 3.8) is 0 Å². The van der Waals surface area contributed by atoms with E-state index in [4.69, 9.17) is 10.5 Å². The molecule has 0 aromatic heterocycles. The molecular formula is C12H24N2O2S. The number of thioether (sulfide) groups is 1. The minimum atomic E-state index is -0.255. The zero-order valence-electron chi connectivity index (χ0n) is 10.9. The Labute approximate surface area is 108 Å². The Bertz CT molecular complexity index is 249. The molecule has 1 heterocycles. The zero-order valence-corrected chi connectivity index (χ0v) is 11.8. The van der Waals surface area contributed by atoms with E-state index in [-0.39, 0.29) is 18.0 Å². The third-order valence-electron chi connectivity index (χ3n) is 2.92. The first-order chi connectivity index (χ1) is 8.00. The van der Waals surface area contributed by atoms with Crippen LogP contribution in [0.4, 0.5) is 0 Å². The number of primary amides is 1. The van der Waals surface area contributed by atoms with Crippen molar-refractivity contribution in [2.75, 3.05) is 12.4 Å². The summed E-state index contributed by atoms with van der Waals surface area (Å²) in [5, 5.41) is 3.77. The highest BCUT2D eigenvalue weighted by molar-refractivity contribution is 7.99. The van der Waals surface area contributed by atoms with Gasteiger partial charge in [-0.1, -0.05) is 13.8 Å². The molecule has 100 valence electrons. The van der Waals surface area contributed by atoms with Gasteiger partial charge in [-0.3, -0.25) is 4.79 Å². The summed E-state index contributed by atoms with van der Waals surface area (Å²) in [5.41, 5.74) is 5.37. The van der Waals surface area contributed by atoms with Gasteiger partial charge in [0.1, 0.15) is 0 Å². The number of carbonyl (C=O) groups is 1. The first kappa shape index (κ1) is 14.8. The molecule has 1 aliphatic rings. The molecule has 3 N–H and O–H groups in total. The molecule has 0 saturated carbocycles. The fourth-order valence-corrected chi connectivity index (χ4v) is 3.27. The number of hydrogen-bond acceptors (Lipinski definition) is 4. The minimum absolute atomic E-state index is 0.208. The van der Waals surface area contributed by atoms with Crippen LogP contribution in [0.3, 0.4) is 0 Å². The van der Waals surface area contributed by atoms with E-state index in [1.165, 1.54) is 0 Å². The summed E-state index contributed by atoms with van der Waals surface area (Å²) in [4.78, 5) is 11.3. The van der Waals surface area contributed by atoms with Gasteiger partial charge in [-0.25, -0.2) is 0 Å². The van der Waals surface area contributed by atoms with E-state index in [0.29, 0.717) is 11.4 Å². The molecular weight excluding hydrogens is 236 g/mol. The maximum absolute atomic E-state index is 11.3. The van der Waals surface area contributed by atoms with Gasteiger partial charge in [-0.2, -0.15) is 11.8 Å². The highest BCUT2D eigenvalue weighted by Crippen LogP contribution is 2.26. The zero-order chi connectivity index (χ0) is 12.8. The fourth-order valence-electron chi connectivity index (χ4n) is 1.98. The number of ether oxygens (including phenoxy) is 1. The van der Waals surface area contributed by atoms with Gasteiger partial charge in [0.15, 0.2) is 0 Å². The van der Waals surface area contributed by atoms with E-state index in [2.05, 4.69) is 12.2 Å². The van der Waals surface area contributed by atoms with Gasteiger partial charge >= 0.3 is 0 Å². The summed E-state index contributed by atoms with van der Waals surface area (Å²) < 4.78 is 5.51. The Morgan fingerprint density at radius 3 is 2.76 bits per heavy atom. The van der Waals surface area contributed by atoms with Crippen molar-refractivity contribution >= 4 is 17.7 Å². The van der Waals surface area contributed by atoms with Crippen molar-refractivity contribution in [3.8, 4) is 0 Å². The molecule has 0 bridgehead atoms. The van der Waals surface area contributed by atoms with Crippen molar-refractivity contribution in [3.05, 3.63) is 0 Å². The SMILES string of the molecule is CC(C)NC(CCSC1CCOC1C)C(N)=O. The Hall–Kier alpha value is -0.260. The number of amides is 1. The van der Waals surface area contributed by atoms with Crippen molar-refractivity contribution in [2.45, 2.75) is 57.1 Å². The largest absolute Gasteiger partial charge is 0.377 e. The van der Waals surface area contributed by atoms with Crippen LogP contribution < -0.4 is 11.1 Å². The van der Waals surface area contributed by atoms with Crippen LogP contribution in [0, 0.1) is 0 Å². The molecule has 17 heavy (non-hydrogen) atoms. The van der Waals surface area contributed by atoms with Crippen molar-refractivity contribution in [1.82, 2.24) is 5.32 Å². The fraction of sp³-hybridized carbons (Fsp3) is 0.917. The molecule has 3 unspecified atom stereocenters. The third-order valence-corrected chi connectivity index (χ3v) is 4.44. The van der Waals surface area contributed by atoms with Crippen LogP contribution in [0.2, 0.25) is 0 Å². The predicted octanol–water partition coefficient (Wildman–Crippen LogP) is 1.14. The van der Waals surface area contributed by atoms with E-state index in [9.17, 15) is 4.79 Å². The average molecular weight is 260 g/mol. The second-order valence-corrected chi connectivity index (χ2v) is 6.19. The van der Waals surface area contributed by atoms with Crippen LogP contribution in [0.5, 0.6) is 0 Å². The van der Waals surface area contributed by atoms with Gasteiger partial charge in [0, 0.05) is 17.9 Å². The van der Waals surface area contributed by atoms with Crippen LogP contribution in [0.1, 0.15) is 33.6 Å². The Balaban J connectivity index is 2.24. The minimum Gasteiger partial charge on any atom is -0.377 e. The molecule has 0 aliphatic carbocycles. The van der Waals surface area contributed by atoms with E-state index < -0.39 is 0 Å². The maximum atomic E-state index is 11.3. The summed E-state index contributed by atoms with van der Waals surface area (Å²) in [5.74, 6) is 0.695. The monoisotopic (exact) mass is 260 g/mol. The Kier molecular flexibility index (Phi) is 6.30. The highest BCUT2D eigenvalue weighted by atomic mass is 32.2. The van der Waals surface area contributed by atoms with Crippen molar-refractivity contribution in [2.24, 2.45) is 5.73 Å². The molecule has 4 nitrogen and oxygen atoms in total. The second kappa shape index (κ2) is 7.24. The molecule has 0 aromatic rings. The van der Waals surface area contributed by atoms with Gasteiger partial charge in [0.25, 0.3) is 0 Å². The van der Waals surface area contributed by atoms with Crippen LogP contribution in [-0.2, 0) is 9.53 Å². The molecule has 0 spiro atoms. The highest BCUT2D eigenvalue weighted by Gasteiger charge is 2.25. The molecule has 5 heteroatoms. The molecule has 0 aromatic carbocycles. The topological polar surface area (TPSA) is 64.3 Å². The number of carbonyl (C=O) groups excluding carboxylic acids is 1. The van der Waals surface area contributed by atoms with E-state index in [0.717, 1.165) is 25.2 Å². The molecule has 1 rings (SSSR count). The number of hydrogen-bond donors (Lipinski definition) is 2. The lowest BCUT2D eigenvalue weighted by atomic mass is 10.2. The van der Waals surface area contributed by atoms with Crippen LogP contribution in [0.15, 0.2) is 0 Å². The van der Waals surface area contributed by atoms with Crippen LogP contribution >= 0.6 is 11.8 Å². The first-order valence-corrected chi connectivity index (χ1v) is 7.34. The van der Waals surface area contributed by atoms with Gasteiger partial charge in [0.05, 0.1) is 12.1 Å². The summed E-state index contributed by atoms with van der Waals surface area (Å²) in [7, 11) is 0. The maximum Gasteiger partial charge on any atom is 0.234 e. The summed E-state index contributed by atoms with van der Waals surface area (Å²) in [6, 6.07) is 0.0753. The Morgan fingerprint density at radius 1 is 1.59 bits per heavy atom. The average Bonchev–Trinajstić information content (AvgIpc) is 2.62. The predicted molar refractivity (Wildman–Crippen MR) is 72.1 cm³/mol. The standard InChI is InChI=1S/C12H24N2O2S/c1-8(2)14-10(12(13)15)5-7-17-11-4-6-16-9(11)3/h8-11,14H,4-7H2,1-3H3,(H2,13,15). The lowest BCUT2D eigenvalue weighted by Crippen LogP contribution is -2.44. The van der Waals surface area contributed by atoms with Gasteiger partial charge < -0.3 is 15.8 Å². The lowest BCUT2D eigenvalue weighted by molar-refractivity contribution is -0.120. The molecule has 3 atom stereocenters. The van der Waals surface area contributed by atoms with Crippen LogP contribution in [-0.4, -0.2) is 41.7 Å². The molecule has 1 amide bonds. The van der Waals surface area contributed by atoms with Gasteiger partial charge in [-0.05, 0) is 25.5 Å². The summed E-state index contributed by atoms with van der Waals surface area (Å²) >= 11 is 1.89. The lowest BCUT2D eigenvalue weighted by Gasteiger charge is -2.19.